The topological polar surface area (TPSA) is 3.24 Å². The number of fused-ring (bicyclic) bond motifs is 3. The summed E-state index contributed by atoms with van der Waals surface area (Å²) in [5.74, 6) is 0. The average molecular weight is 459 g/mol. The molecular formula is C34H26BN. The Morgan fingerprint density at radius 1 is 0.556 bits per heavy atom. The lowest BCUT2D eigenvalue weighted by Gasteiger charge is -2.40. The first-order chi connectivity index (χ1) is 17.9. The second-order valence-corrected chi connectivity index (χ2v) is 9.67. The molecule has 0 bridgehead atoms. The van der Waals surface area contributed by atoms with Crippen LogP contribution >= 0.6 is 0 Å². The molecule has 5 aromatic rings. The number of benzene rings is 5. The van der Waals surface area contributed by atoms with Gasteiger partial charge in [0.25, 0.3) is 0 Å². The SMILES string of the molecule is C1=C2B(c3ccc4ccccc4c3)c3ccccc3N(c3ccc(-c4ccccc4)cc3)C2=CCC1. The van der Waals surface area contributed by atoms with Crippen molar-refractivity contribution in [2.45, 2.75) is 12.8 Å². The van der Waals surface area contributed by atoms with Gasteiger partial charge in [-0.1, -0.05) is 121 Å². The minimum atomic E-state index is 0.234. The molecule has 0 saturated carbocycles. The zero-order chi connectivity index (χ0) is 23.9. The van der Waals surface area contributed by atoms with Gasteiger partial charge >= 0.3 is 0 Å². The zero-order valence-corrected chi connectivity index (χ0v) is 20.1. The lowest BCUT2D eigenvalue weighted by molar-refractivity contribution is 0.985. The number of para-hydroxylation sites is 1. The van der Waals surface area contributed by atoms with E-state index in [9.17, 15) is 0 Å². The lowest BCUT2D eigenvalue weighted by atomic mass is 9.33. The monoisotopic (exact) mass is 459 g/mol. The van der Waals surface area contributed by atoms with Crippen LogP contribution < -0.4 is 15.8 Å². The Labute approximate surface area is 213 Å². The summed E-state index contributed by atoms with van der Waals surface area (Å²) in [6.07, 6.45) is 7.07. The summed E-state index contributed by atoms with van der Waals surface area (Å²) in [6.45, 7) is 0.234. The standard InChI is InChI=1S/C34H26BN/c1-2-10-25(11-3-1)27-19-22-30(23-20-27)36-33-16-8-6-14-31(33)35(32-15-7-9-17-34(32)36)29-21-18-26-12-4-5-13-28(26)24-29/h1-6,8,10-24H,7,9H2. The Hall–Kier alpha value is -4.30. The first-order valence-corrected chi connectivity index (χ1v) is 12.8. The Kier molecular flexibility index (Phi) is 5.10. The molecule has 0 aromatic heterocycles. The second kappa shape index (κ2) is 8.73. The predicted molar refractivity (Wildman–Crippen MR) is 155 cm³/mol. The number of rotatable bonds is 3. The maximum atomic E-state index is 2.47. The highest BCUT2D eigenvalue weighted by molar-refractivity contribution is 6.93. The van der Waals surface area contributed by atoms with Crippen LogP contribution in [0.1, 0.15) is 12.8 Å². The van der Waals surface area contributed by atoms with Crippen molar-refractivity contribution in [2.75, 3.05) is 4.90 Å². The third-order valence-corrected chi connectivity index (χ3v) is 7.54. The van der Waals surface area contributed by atoms with Crippen molar-refractivity contribution in [2.24, 2.45) is 0 Å². The summed E-state index contributed by atoms with van der Waals surface area (Å²) in [6, 6.07) is 44.2. The molecule has 1 heterocycles. The van der Waals surface area contributed by atoms with E-state index < -0.39 is 0 Å². The van der Waals surface area contributed by atoms with E-state index in [1.165, 1.54) is 55.4 Å². The molecule has 0 spiro atoms. The summed E-state index contributed by atoms with van der Waals surface area (Å²) in [7, 11) is 0. The molecular weight excluding hydrogens is 433 g/mol. The molecule has 1 aliphatic heterocycles. The van der Waals surface area contributed by atoms with Gasteiger partial charge in [0.1, 0.15) is 0 Å². The average Bonchev–Trinajstić information content (AvgIpc) is 2.96. The molecule has 7 rings (SSSR count). The normalized spacial score (nSPS) is 14.7. The van der Waals surface area contributed by atoms with E-state index in [1.54, 1.807) is 0 Å². The van der Waals surface area contributed by atoms with Gasteiger partial charge in [-0.05, 0) is 63.9 Å². The maximum absolute atomic E-state index is 2.47. The van der Waals surface area contributed by atoms with Gasteiger partial charge in [-0.15, -0.1) is 0 Å². The molecule has 0 saturated heterocycles. The number of anilines is 2. The predicted octanol–water partition coefficient (Wildman–Crippen LogP) is 7.41. The second-order valence-electron chi connectivity index (χ2n) is 9.67. The van der Waals surface area contributed by atoms with Crippen molar-refractivity contribution < 1.29 is 0 Å². The van der Waals surface area contributed by atoms with Gasteiger partial charge in [0.05, 0.1) is 0 Å². The fraction of sp³-hybridized carbons (Fsp3) is 0.0588. The quantitative estimate of drug-likeness (QED) is 0.254. The molecule has 2 aliphatic rings. The molecule has 5 aromatic carbocycles. The number of allylic oxidation sites excluding steroid dienone is 3. The summed E-state index contributed by atoms with van der Waals surface area (Å²) >= 11 is 0. The third kappa shape index (κ3) is 3.49. The molecule has 1 nitrogen and oxygen atoms in total. The van der Waals surface area contributed by atoms with Crippen LogP contribution in [0.2, 0.25) is 0 Å². The fourth-order valence-corrected chi connectivity index (χ4v) is 5.86. The van der Waals surface area contributed by atoms with E-state index in [2.05, 4.69) is 138 Å². The summed E-state index contributed by atoms with van der Waals surface area (Å²) < 4.78 is 0. The molecule has 0 radical (unpaired) electrons. The van der Waals surface area contributed by atoms with Crippen LogP contribution in [0.3, 0.4) is 0 Å². The Balaban J connectivity index is 1.37. The molecule has 0 fully saturated rings. The molecule has 170 valence electrons. The fourth-order valence-electron chi connectivity index (χ4n) is 5.86. The van der Waals surface area contributed by atoms with E-state index in [4.69, 9.17) is 0 Å². The Bertz CT molecular complexity index is 1630. The van der Waals surface area contributed by atoms with Crippen molar-refractivity contribution >= 4 is 39.8 Å². The van der Waals surface area contributed by atoms with Crippen molar-refractivity contribution in [3.05, 3.63) is 145 Å². The van der Waals surface area contributed by atoms with Crippen LogP contribution in [0.25, 0.3) is 21.9 Å². The number of hydrogen-bond donors (Lipinski definition) is 0. The van der Waals surface area contributed by atoms with Crippen molar-refractivity contribution in [3.8, 4) is 11.1 Å². The molecule has 0 unspecified atom stereocenters. The van der Waals surface area contributed by atoms with Crippen LogP contribution in [0, 0.1) is 0 Å². The zero-order valence-electron chi connectivity index (χ0n) is 20.1. The summed E-state index contributed by atoms with van der Waals surface area (Å²) in [5, 5.41) is 2.59. The van der Waals surface area contributed by atoms with E-state index in [0.717, 1.165) is 12.8 Å². The largest absolute Gasteiger partial charge is 0.312 e. The van der Waals surface area contributed by atoms with Crippen molar-refractivity contribution in [3.63, 3.8) is 0 Å². The number of hydrogen-bond acceptors (Lipinski definition) is 1. The number of nitrogens with zero attached hydrogens (tertiary/aromatic N) is 1. The van der Waals surface area contributed by atoms with Gasteiger partial charge in [-0.3, -0.25) is 0 Å². The van der Waals surface area contributed by atoms with E-state index >= 15 is 0 Å². The van der Waals surface area contributed by atoms with Gasteiger partial charge in [0, 0.05) is 17.1 Å². The minimum absolute atomic E-state index is 0.234. The summed E-state index contributed by atoms with van der Waals surface area (Å²) in [5.41, 5.74) is 10.4. The van der Waals surface area contributed by atoms with Gasteiger partial charge in [0.2, 0.25) is 6.71 Å². The van der Waals surface area contributed by atoms with E-state index in [0.29, 0.717) is 0 Å². The molecule has 0 amide bonds. The highest BCUT2D eigenvalue weighted by Crippen LogP contribution is 2.40. The highest BCUT2D eigenvalue weighted by atomic mass is 15.2. The van der Waals surface area contributed by atoms with Crippen LogP contribution in [-0.4, -0.2) is 6.71 Å². The molecule has 0 atom stereocenters. The van der Waals surface area contributed by atoms with Crippen molar-refractivity contribution in [1.29, 1.82) is 0 Å². The highest BCUT2D eigenvalue weighted by Gasteiger charge is 2.37. The Morgan fingerprint density at radius 3 is 2.11 bits per heavy atom. The molecule has 36 heavy (non-hydrogen) atoms. The third-order valence-electron chi connectivity index (χ3n) is 7.54. The molecule has 2 heteroatoms. The smallest absolute Gasteiger partial charge is 0.246 e. The molecule has 1 aliphatic carbocycles. The van der Waals surface area contributed by atoms with Crippen LogP contribution in [0.4, 0.5) is 11.4 Å². The summed E-state index contributed by atoms with van der Waals surface area (Å²) in [4.78, 5) is 2.46. The first-order valence-electron chi connectivity index (χ1n) is 12.8. The van der Waals surface area contributed by atoms with E-state index in [-0.39, 0.29) is 6.71 Å². The molecule has 0 N–H and O–H groups in total. The van der Waals surface area contributed by atoms with Crippen LogP contribution in [0.15, 0.2) is 145 Å². The first kappa shape index (κ1) is 21.0. The van der Waals surface area contributed by atoms with Gasteiger partial charge in [-0.2, -0.15) is 0 Å². The van der Waals surface area contributed by atoms with E-state index in [1.807, 2.05) is 0 Å². The van der Waals surface area contributed by atoms with Gasteiger partial charge in [0.15, 0.2) is 0 Å². The van der Waals surface area contributed by atoms with Crippen molar-refractivity contribution in [1.82, 2.24) is 0 Å². The van der Waals surface area contributed by atoms with Gasteiger partial charge in [-0.25, -0.2) is 0 Å². The van der Waals surface area contributed by atoms with Crippen LogP contribution in [0.5, 0.6) is 0 Å². The minimum Gasteiger partial charge on any atom is -0.312 e. The Morgan fingerprint density at radius 2 is 1.25 bits per heavy atom. The lowest BCUT2D eigenvalue weighted by Crippen LogP contribution is -2.52. The van der Waals surface area contributed by atoms with Crippen LogP contribution in [-0.2, 0) is 0 Å². The van der Waals surface area contributed by atoms with Gasteiger partial charge < -0.3 is 4.90 Å². The maximum Gasteiger partial charge on any atom is 0.246 e.